The fourth-order valence-electron chi connectivity index (χ4n) is 1.95. The molecule has 2 heterocycles. The first-order valence-corrected chi connectivity index (χ1v) is 5.53. The molecule has 0 saturated carbocycles. The molecular weight excluding hydrogens is 223 g/mol. The van der Waals surface area contributed by atoms with Crippen molar-refractivity contribution in [3.8, 4) is 0 Å². The molecule has 1 unspecified atom stereocenters. The lowest BCUT2D eigenvalue weighted by atomic mass is 10.1. The Morgan fingerprint density at radius 3 is 3.24 bits per heavy atom. The molecule has 0 radical (unpaired) electrons. The summed E-state index contributed by atoms with van der Waals surface area (Å²) in [5, 5.41) is 5.70. The van der Waals surface area contributed by atoms with Gasteiger partial charge in [0.25, 0.3) is 0 Å². The van der Waals surface area contributed by atoms with Gasteiger partial charge >= 0.3 is 0 Å². The molecule has 0 aliphatic carbocycles. The van der Waals surface area contributed by atoms with Gasteiger partial charge in [-0.15, -0.1) is 0 Å². The van der Waals surface area contributed by atoms with Crippen LogP contribution in [0.15, 0.2) is 18.3 Å². The van der Waals surface area contributed by atoms with E-state index in [0.717, 1.165) is 0 Å². The third-order valence-electron chi connectivity index (χ3n) is 2.80. The van der Waals surface area contributed by atoms with E-state index in [4.69, 9.17) is 0 Å². The van der Waals surface area contributed by atoms with Crippen LogP contribution in [0.4, 0.5) is 10.2 Å². The van der Waals surface area contributed by atoms with Crippen molar-refractivity contribution in [3.05, 3.63) is 24.1 Å². The number of nitrogens with zero attached hydrogens (tertiary/aromatic N) is 2. The molecule has 2 N–H and O–H groups in total. The second kappa shape index (κ2) is 5.09. The van der Waals surface area contributed by atoms with Gasteiger partial charge in [-0.25, -0.2) is 9.37 Å². The van der Waals surface area contributed by atoms with Crippen LogP contribution in [0.2, 0.25) is 0 Å². The lowest BCUT2D eigenvalue weighted by Gasteiger charge is -2.35. The lowest BCUT2D eigenvalue weighted by Crippen LogP contribution is -2.58. The highest BCUT2D eigenvalue weighted by molar-refractivity contribution is 5.85. The summed E-state index contributed by atoms with van der Waals surface area (Å²) in [5.41, 5.74) is 0. The number of amides is 1. The summed E-state index contributed by atoms with van der Waals surface area (Å²) in [6.45, 7) is 1.77. The highest BCUT2D eigenvalue weighted by Gasteiger charge is 2.30. The molecule has 6 heteroatoms. The standard InChI is InChI=1S/C11H15FN4O/c1-13-11(17)9-7-14-5-6-16(9)10-8(12)3-2-4-15-10/h2-4,9,14H,5-7H2,1H3,(H,13,17). The van der Waals surface area contributed by atoms with Crippen LogP contribution in [0.1, 0.15) is 0 Å². The smallest absolute Gasteiger partial charge is 0.243 e. The van der Waals surface area contributed by atoms with Crippen molar-refractivity contribution < 1.29 is 9.18 Å². The molecule has 17 heavy (non-hydrogen) atoms. The molecule has 5 nitrogen and oxygen atoms in total. The molecule has 1 aliphatic heterocycles. The Hall–Kier alpha value is -1.69. The molecule has 0 bridgehead atoms. The van der Waals surface area contributed by atoms with Gasteiger partial charge in [0.05, 0.1) is 0 Å². The molecule has 1 aromatic rings. The summed E-state index contributed by atoms with van der Waals surface area (Å²) in [4.78, 5) is 17.4. The van der Waals surface area contributed by atoms with Crippen molar-refractivity contribution in [1.82, 2.24) is 15.6 Å². The van der Waals surface area contributed by atoms with Crippen LogP contribution in [0.25, 0.3) is 0 Å². The number of hydrogen-bond acceptors (Lipinski definition) is 4. The summed E-state index contributed by atoms with van der Waals surface area (Å²) in [7, 11) is 1.57. The molecule has 1 amide bonds. The second-order valence-electron chi connectivity index (χ2n) is 3.84. The van der Waals surface area contributed by atoms with Crippen molar-refractivity contribution >= 4 is 11.7 Å². The molecule has 2 rings (SSSR count). The van der Waals surface area contributed by atoms with Crippen LogP contribution in [-0.4, -0.2) is 43.6 Å². The zero-order valence-corrected chi connectivity index (χ0v) is 9.61. The minimum Gasteiger partial charge on any atom is -0.357 e. The highest BCUT2D eigenvalue weighted by atomic mass is 19.1. The fraction of sp³-hybridized carbons (Fsp3) is 0.455. The third-order valence-corrected chi connectivity index (χ3v) is 2.80. The van der Waals surface area contributed by atoms with Crippen LogP contribution in [0.5, 0.6) is 0 Å². The fourth-order valence-corrected chi connectivity index (χ4v) is 1.95. The lowest BCUT2D eigenvalue weighted by molar-refractivity contribution is -0.122. The number of anilines is 1. The third kappa shape index (κ3) is 2.36. The van der Waals surface area contributed by atoms with Gasteiger partial charge in [0.15, 0.2) is 11.6 Å². The van der Waals surface area contributed by atoms with E-state index in [2.05, 4.69) is 15.6 Å². The van der Waals surface area contributed by atoms with Gasteiger partial charge < -0.3 is 15.5 Å². The summed E-state index contributed by atoms with van der Waals surface area (Å²) >= 11 is 0. The molecule has 92 valence electrons. The molecule has 1 aromatic heterocycles. The average molecular weight is 238 g/mol. The number of carbonyl (C=O) groups excluding carboxylic acids is 1. The quantitative estimate of drug-likeness (QED) is 0.745. The minimum atomic E-state index is -0.418. The first-order valence-electron chi connectivity index (χ1n) is 5.53. The number of rotatable bonds is 2. The Balaban J connectivity index is 2.28. The predicted molar refractivity (Wildman–Crippen MR) is 62.3 cm³/mol. The van der Waals surface area contributed by atoms with Crippen molar-refractivity contribution in [1.29, 1.82) is 0 Å². The van der Waals surface area contributed by atoms with E-state index in [-0.39, 0.29) is 11.7 Å². The number of carbonyl (C=O) groups is 1. The van der Waals surface area contributed by atoms with Gasteiger partial charge in [0.1, 0.15) is 6.04 Å². The van der Waals surface area contributed by atoms with Crippen molar-refractivity contribution in [2.45, 2.75) is 6.04 Å². The second-order valence-corrected chi connectivity index (χ2v) is 3.84. The average Bonchev–Trinajstić information content (AvgIpc) is 2.38. The first-order chi connectivity index (χ1) is 8.24. The highest BCUT2D eigenvalue weighted by Crippen LogP contribution is 2.19. The topological polar surface area (TPSA) is 57.3 Å². The number of halogens is 1. The van der Waals surface area contributed by atoms with Crippen molar-refractivity contribution in [2.75, 3.05) is 31.6 Å². The molecule has 0 aromatic carbocycles. The number of hydrogen-bond donors (Lipinski definition) is 2. The van der Waals surface area contributed by atoms with Crippen LogP contribution < -0.4 is 15.5 Å². The monoisotopic (exact) mass is 238 g/mol. The van der Waals surface area contributed by atoms with Gasteiger partial charge in [-0.05, 0) is 12.1 Å². The number of pyridine rings is 1. The summed E-state index contributed by atoms with van der Waals surface area (Å²) in [5.74, 6) is -0.298. The van der Waals surface area contributed by atoms with Crippen LogP contribution in [0, 0.1) is 5.82 Å². The zero-order chi connectivity index (χ0) is 12.3. The molecule has 1 aliphatic rings. The summed E-state index contributed by atoms with van der Waals surface area (Å²) < 4.78 is 13.7. The Bertz CT molecular complexity index is 412. The first kappa shape index (κ1) is 11.8. The maximum absolute atomic E-state index is 13.7. The van der Waals surface area contributed by atoms with E-state index in [1.54, 1.807) is 11.9 Å². The number of likely N-dealkylation sites (N-methyl/N-ethyl adjacent to an activating group) is 1. The van der Waals surface area contributed by atoms with E-state index < -0.39 is 11.9 Å². The SMILES string of the molecule is CNC(=O)C1CNCCN1c1ncccc1F. The maximum atomic E-state index is 13.7. The number of aromatic nitrogens is 1. The van der Waals surface area contributed by atoms with E-state index in [0.29, 0.717) is 19.6 Å². The van der Waals surface area contributed by atoms with Crippen molar-refractivity contribution in [2.24, 2.45) is 0 Å². The Morgan fingerprint density at radius 1 is 1.71 bits per heavy atom. The normalized spacial score (nSPS) is 20.1. The number of nitrogens with one attached hydrogen (secondary N) is 2. The molecule has 1 saturated heterocycles. The molecule has 1 atom stereocenters. The van der Waals surface area contributed by atoms with Crippen LogP contribution >= 0.6 is 0 Å². The largest absolute Gasteiger partial charge is 0.357 e. The van der Waals surface area contributed by atoms with Crippen LogP contribution in [-0.2, 0) is 4.79 Å². The van der Waals surface area contributed by atoms with Crippen molar-refractivity contribution in [3.63, 3.8) is 0 Å². The maximum Gasteiger partial charge on any atom is 0.243 e. The predicted octanol–water partition coefficient (Wildman–Crippen LogP) is -0.255. The minimum absolute atomic E-state index is 0.137. The molecular formula is C11H15FN4O. The summed E-state index contributed by atoms with van der Waals surface area (Å²) in [6, 6.07) is 2.47. The van der Waals surface area contributed by atoms with Crippen LogP contribution in [0.3, 0.4) is 0 Å². The van der Waals surface area contributed by atoms with E-state index in [1.165, 1.54) is 18.3 Å². The van der Waals surface area contributed by atoms with E-state index in [9.17, 15) is 9.18 Å². The van der Waals surface area contributed by atoms with Gasteiger partial charge in [-0.3, -0.25) is 4.79 Å². The summed E-state index contributed by atoms with van der Waals surface area (Å²) in [6.07, 6.45) is 1.53. The van der Waals surface area contributed by atoms with Gasteiger partial charge in [0, 0.05) is 32.9 Å². The van der Waals surface area contributed by atoms with Gasteiger partial charge in [-0.2, -0.15) is 0 Å². The van der Waals surface area contributed by atoms with E-state index in [1.807, 2.05) is 0 Å². The van der Waals surface area contributed by atoms with E-state index >= 15 is 0 Å². The number of piperazine rings is 1. The Morgan fingerprint density at radius 2 is 2.53 bits per heavy atom. The Kier molecular flexibility index (Phi) is 3.53. The Labute approximate surface area is 99.0 Å². The van der Waals surface area contributed by atoms with Gasteiger partial charge in [-0.1, -0.05) is 0 Å². The molecule has 1 fully saturated rings. The van der Waals surface area contributed by atoms with Gasteiger partial charge in [0.2, 0.25) is 5.91 Å². The molecule has 0 spiro atoms. The zero-order valence-electron chi connectivity index (χ0n) is 9.61.